The van der Waals surface area contributed by atoms with Crippen molar-refractivity contribution in [1.29, 1.82) is 0 Å². The quantitative estimate of drug-likeness (QED) is 0.419. The molecule has 16 heavy (non-hydrogen) atoms. The smallest absolute Gasteiger partial charge is 0.377 e. The maximum Gasteiger partial charge on any atom is 1.00 e. The lowest BCUT2D eigenvalue weighted by molar-refractivity contribution is 0.475. The second-order valence-corrected chi connectivity index (χ2v) is 2.73. The number of hydrogen-bond donors (Lipinski definition) is 0. The number of rotatable bonds is 0. The minimum Gasteiger partial charge on any atom is -0.377 e. The van der Waals surface area contributed by atoms with E-state index in [1.807, 2.05) is 0 Å². The molecule has 1 saturated heterocycles. The van der Waals surface area contributed by atoms with Crippen LogP contribution < -0.4 is 0 Å². The molecule has 1 fully saturated rings. The van der Waals surface area contributed by atoms with E-state index in [-0.39, 0.29) is 31.1 Å². The summed E-state index contributed by atoms with van der Waals surface area (Å²) in [5.41, 5.74) is 0. The molecule has 1 heterocycles. The Morgan fingerprint density at radius 2 is 0.688 bits per heavy atom. The molecule has 0 bridgehead atoms. The van der Waals surface area contributed by atoms with Crippen LogP contribution in [0.25, 0.3) is 0 Å². The Hall–Kier alpha value is -0.0400. The zero-order valence-electron chi connectivity index (χ0n) is 10.9. The molecular weight excluding hydrogens is 196 g/mol. The summed E-state index contributed by atoms with van der Waals surface area (Å²) in [6.07, 6.45) is 3.75. The summed E-state index contributed by atoms with van der Waals surface area (Å²) in [5.74, 6) is 0. The molecule has 0 atom stereocenters. The van der Waals surface area contributed by atoms with Crippen LogP contribution in [0.15, 0.2) is 0 Å². The van der Waals surface area contributed by atoms with Gasteiger partial charge >= 0.3 is 1.43 Å². The average molecular weight is 242 g/mol. The van der Waals surface area contributed by atoms with Gasteiger partial charge in [0.1, 0.15) is 0 Å². The Morgan fingerprint density at radius 3 is 0.688 bits per heavy atom. The highest BCUT2D eigenvalue weighted by Gasteiger charge is 1.94. The van der Waals surface area contributed by atoms with Crippen molar-refractivity contribution in [1.82, 2.24) is 0 Å². The van der Waals surface area contributed by atoms with Crippen molar-refractivity contribution in [2.24, 2.45) is 0 Å². The predicted octanol–water partition coefficient (Wildman–Crippen LogP) is 6.92. The average Bonchev–Trinajstić information content (AvgIpc) is 2.74. The van der Waals surface area contributed by atoms with Gasteiger partial charge in [-0.05, 0) is 0 Å². The zero-order chi connectivity index (χ0) is 10.2. The fourth-order valence-corrected chi connectivity index (χ4v) is 0. The van der Waals surface area contributed by atoms with Crippen LogP contribution in [-0.4, -0.2) is 13.2 Å². The summed E-state index contributed by atoms with van der Waals surface area (Å²) < 4.78 is 4.50. The minimum absolute atomic E-state index is 0. The van der Waals surface area contributed by atoms with Crippen molar-refractivity contribution in [3.05, 3.63) is 0 Å². The minimum atomic E-state index is 0. The van der Waals surface area contributed by atoms with Crippen LogP contribution in [0, 0.1) is 0 Å². The molecule has 1 rings (SSSR count). The molecule has 110 valence electrons. The van der Waals surface area contributed by atoms with Crippen molar-refractivity contribution >= 4 is 0 Å². The first-order chi connectivity index (χ1) is 5.74. The van der Waals surface area contributed by atoms with E-state index in [1.165, 1.54) is 19.3 Å². The van der Waals surface area contributed by atoms with Crippen LogP contribution in [0.2, 0.25) is 0 Å². The van der Waals surface area contributed by atoms with Gasteiger partial charge in [-0.15, -0.1) is 0 Å². The molecule has 0 aromatic heterocycles. The molecule has 0 N–H and O–H groups in total. The summed E-state index contributed by atoms with van der Waals surface area (Å²) in [7, 11) is 0. The van der Waals surface area contributed by atoms with E-state index in [0.717, 1.165) is 13.2 Å². The summed E-state index contributed by atoms with van der Waals surface area (Å²) >= 11 is 0. The number of epoxide rings is 1. The molecule has 0 spiro atoms. The summed E-state index contributed by atoms with van der Waals surface area (Å²) in [6.45, 7) is 14.8. The van der Waals surface area contributed by atoms with Gasteiger partial charge < -0.3 is 4.74 Å². The number of ether oxygens (including phenoxy) is 1. The van der Waals surface area contributed by atoms with E-state index in [2.05, 4.69) is 46.3 Å². The van der Waals surface area contributed by atoms with Crippen LogP contribution in [0.3, 0.4) is 0 Å². The zero-order valence-corrected chi connectivity index (χ0v) is 9.94. The lowest BCUT2D eigenvalue weighted by atomic mass is 10.6. The molecule has 0 amide bonds. The first kappa shape index (κ1) is 44.5. The van der Waals surface area contributed by atoms with E-state index in [9.17, 15) is 0 Å². The fourth-order valence-electron chi connectivity index (χ4n) is 0. The summed E-state index contributed by atoms with van der Waals surface area (Å²) in [4.78, 5) is 0. The Morgan fingerprint density at radius 1 is 0.625 bits per heavy atom. The maximum atomic E-state index is 4.50. The van der Waals surface area contributed by atoms with E-state index < -0.39 is 0 Å². The SMILES string of the molecule is C.C.C.C.C1CO1.CCC.CCC.CCC.[H+]. The molecule has 0 saturated carbocycles. The van der Waals surface area contributed by atoms with Gasteiger partial charge in [-0.3, -0.25) is 0 Å². The van der Waals surface area contributed by atoms with Gasteiger partial charge in [0.2, 0.25) is 0 Å². The van der Waals surface area contributed by atoms with Gasteiger partial charge in [0.15, 0.2) is 0 Å². The van der Waals surface area contributed by atoms with Crippen molar-refractivity contribution in [3.63, 3.8) is 0 Å². The lowest BCUT2D eigenvalue weighted by Crippen LogP contribution is -1.27. The standard InChI is InChI=1S/3C3H8.C2H4O.4CH4/c3*1-3-2;1-2-3-1;;;;/h3*3H2,1-2H3;1-2H2;4*1H4/p+1. The highest BCUT2D eigenvalue weighted by atomic mass is 16.6. The highest BCUT2D eigenvalue weighted by Crippen LogP contribution is 1.84. The van der Waals surface area contributed by atoms with Crippen LogP contribution in [0.1, 0.15) is 91.9 Å². The van der Waals surface area contributed by atoms with Crippen LogP contribution >= 0.6 is 0 Å². The third-order valence-corrected chi connectivity index (χ3v) is 0.204. The molecule has 1 nitrogen and oxygen atoms in total. The molecular formula is C15H45O+. The molecule has 1 aliphatic heterocycles. The van der Waals surface area contributed by atoms with Crippen LogP contribution in [0.5, 0.6) is 0 Å². The normalized spacial score (nSPS) is 7.88. The van der Waals surface area contributed by atoms with Crippen molar-refractivity contribution in [2.75, 3.05) is 13.2 Å². The second-order valence-electron chi connectivity index (χ2n) is 2.73. The molecule has 0 aromatic carbocycles. The van der Waals surface area contributed by atoms with E-state index in [4.69, 9.17) is 0 Å². The van der Waals surface area contributed by atoms with Gasteiger partial charge in [-0.2, -0.15) is 0 Å². The van der Waals surface area contributed by atoms with Crippen LogP contribution in [0.4, 0.5) is 0 Å². The Bertz CT molecular complexity index is 32.4. The topological polar surface area (TPSA) is 12.5 Å². The third kappa shape index (κ3) is 2540. The van der Waals surface area contributed by atoms with Gasteiger partial charge in [0.25, 0.3) is 0 Å². The molecule has 1 heteroatoms. The Balaban J connectivity index is -0.00000000964. The second kappa shape index (κ2) is 82.1. The van der Waals surface area contributed by atoms with Gasteiger partial charge in [-0.1, -0.05) is 90.5 Å². The first-order valence-electron chi connectivity index (χ1n) is 5.32. The predicted molar refractivity (Wildman–Crippen MR) is 86.8 cm³/mol. The van der Waals surface area contributed by atoms with Crippen LogP contribution in [-0.2, 0) is 4.74 Å². The Kier molecular flexibility index (Phi) is 228. The first-order valence-corrected chi connectivity index (χ1v) is 5.32. The molecule has 0 radical (unpaired) electrons. The summed E-state index contributed by atoms with van der Waals surface area (Å²) in [5, 5.41) is 0. The molecule has 1 aliphatic rings. The van der Waals surface area contributed by atoms with Gasteiger partial charge in [0, 0.05) is 0 Å². The third-order valence-electron chi connectivity index (χ3n) is 0.204. The van der Waals surface area contributed by atoms with Crippen molar-refractivity contribution < 1.29 is 6.16 Å². The van der Waals surface area contributed by atoms with Crippen molar-refractivity contribution in [2.45, 2.75) is 90.5 Å². The highest BCUT2D eigenvalue weighted by molar-refractivity contribution is 4.36. The number of hydrogen-bond acceptors (Lipinski definition) is 1. The Labute approximate surface area is 110 Å². The molecule has 0 aliphatic carbocycles. The van der Waals surface area contributed by atoms with Gasteiger partial charge in [-0.25, -0.2) is 0 Å². The fraction of sp³-hybridized carbons (Fsp3) is 1.00. The molecule has 0 unspecified atom stereocenters. The van der Waals surface area contributed by atoms with E-state index in [0.29, 0.717) is 0 Å². The van der Waals surface area contributed by atoms with E-state index >= 15 is 0 Å². The maximum absolute atomic E-state index is 4.50. The monoisotopic (exact) mass is 241 g/mol. The lowest BCUT2D eigenvalue weighted by Gasteiger charge is -1.48. The molecule has 0 aromatic rings. The van der Waals surface area contributed by atoms with Gasteiger partial charge in [0.05, 0.1) is 13.2 Å². The van der Waals surface area contributed by atoms with Crippen molar-refractivity contribution in [3.8, 4) is 0 Å². The van der Waals surface area contributed by atoms with E-state index in [1.54, 1.807) is 0 Å². The largest absolute Gasteiger partial charge is 1.00 e. The summed E-state index contributed by atoms with van der Waals surface area (Å²) in [6, 6.07) is 0.